The Morgan fingerprint density at radius 1 is 1.09 bits per heavy atom. The van der Waals surface area contributed by atoms with Gasteiger partial charge in [0.15, 0.2) is 5.82 Å². The van der Waals surface area contributed by atoms with Gasteiger partial charge < -0.3 is 14.7 Å². The molecule has 1 aliphatic carbocycles. The topological polar surface area (TPSA) is 61.7 Å². The van der Waals surface area contributed by atoms with Crippen molar-refractivity contribution in [2.24, 2.45) is 0 Å². The molecule has 6 nitrogen and oxygen atoms in total. The fourth-order valence-electron chi connectivity index (χ4n) is 5.14. The van der Waals surface area contributed by atoms with Gasteiger partial charge in [-0.05, 0) is 56.0 Å². The Morgan fingerprint density at radius 3 is 2.53 bits per heavy atom. The standard InChI is InChI=1S/C23H27F3N4O2/c1-14-11-15(23(24,25)26)12-19(31)22(14)17-5-6-21(28-27-17)30-9-10-32-20-7-8-29(13-18(20)30)16-3-2-4-16/h5-6,11-12,16,18,20,31H,2-4,7-10,13H2,1H3/t18-,20+/m1/s1. The van der Waals surface area contributed by atoms with Gasteiger partial charge in [-0.1, -0.05) is 6.42 Å². The lowest BCUT2D eigenvalue weighted by molar-refractivity contribution is -0.137. The number of aromatic nitrogens is 2. The summed E-state index contributed by atoms with van der Waals surface area (Å²) in [6.07, 6.45) is 0.491. The van der Waals surface area contributed by atoms with E-state index in [9.17, 15) is 18.3 Å². The average Bonchev–Trinajstić information content (AvgIpc) is 2.71. The third-order valence-electron chi connectivity index (χ3n) is 7.05. The monoisotopic (exact) mass is 448 g/mol. The Kier molecular flexibility index (Phi) is 5.49. The molecule has 0 spiro atoms. The number of rotatable bonds is 3. The zero-order valence-electron chi connectivity index (χ0n) is 18.0. The molecule has 3 heterocycles. The molecule has 5 rings (SSSR count). The van der Waals surface area contributed by atoms with Crippen molar-refractivity contribution in [3.05, 3.63) is 35.4 Å². The van der Waals surface area contributed by atoms with Crippen LogP contribution in [0.5, 0.6) is 5.75 Å². The predicted octanol–water partition coefficient (Wildman–Crippen LogP) is 4.01. The van der Waals surface area contributed by atoms with Crippen LogP contribution in [0, 0.1) is 6.92 Å². The van der Waals surface area contributed by atoms with Gasteiger partial charge in [-0.3, -0.25) is 4.90 Å². The van der Waals surface area contributed by atoms with Crippen LogP contribution < -0.4 is 4.90 Å². The smallest absolute Gasteiger partial charge is 0.416 e. The minimum Gasteiger partial charge on any atom is -0.507 e. The van der Waals surface area contributed by atoms with Gasteiger partial charge in [0.25, 0.3) is 0 Å². The molecule has 1 saturated carbocycles. The van der Waals surface area contributed by atoms with Crippen LogP contribution in [-0.4, -0.2) is 64.6 Å². The number of likely N-dealkylation sites (tertiary alicyclic amines) is 1. The lowest BCUT2D eigenvalue weighted by Gasteiger charge is -2.50. The van der Waals surface area contributed by atoms with Crippen molar-refractivity contribution in [1.29, 1.82) is 0 Å². The highest BCUT2D eigenvalue weighted by Gasteiger charge is 2.40. The number of hydrogen-bond donors (Lipinski definition) is 1. The summed E-state index contributed by atoms with van der Waals surface area (Å²) in [7, 11) is 0. The van der Waals surface area contributed by atoms with Crippen molar-refractivity contribution in [3.63, 3.8) is 0 Å². The molecule has 2 aromatic rings. The maximum Gasteiger partial charge on any atom is 0.416 e. The van der Waals surface area contributed by atoms with Crippen LogP contribution in [0.3, 0.4) is 0 Å². The molecule has 1 aromatic heterocycles. The molecule has 3 fully saturated rings. The normalized spacial score (nSPS) is 24.8. The first kappa shape index (κ1) is 21.5. The van der Waals surface area contributed by atoms with E-state index in [1.807, 2.05) is 6.07 Å². The molecular weight excluding hydrogens is 421 g/mol. The Hall–Kier alpha value is -2.39. The number of ether oxygens (including phenoxy) is 1. The van der Waals surface area contributed by atoms with E-state index in [2.05, 4.69) is 20.0 Å². The van der Waals surface area contributed by atoms with E-state index in [1.165, 1.54) is 26.2 Å². The molecule has 172 valence electrons. The molecule has 2 atom stereocenters. The first-order chi connectivity index (χ1) is 15.3. The van der Waals surface area contributed by atoms with Crippen LogP contribution in [-0.2, 0) is 10.9 Å². The SMILES string of the molecule is Cc1cc(C(F)(F)F)cc(O)c1-c1ccc(N2CCO[C@H]3CCN(C4CCC4)C[C@H]32)nn1. The van der Waals surface area contributed by atoms with Gasteiger partial charge in [0.05, 0.1) is 30.0 Å². The average molecular weight is 448 g/mol. The number of benzene rings is 1. The van der Waals surface area contributed by atoms with E-state index >= 15 is 0 Å². The fourth-order valence-corrected chi connectivity index (χ4v) is 5.14. The van der Waals surface area contributed by atoms with Crippen molar-refractivity contribution < 1.29 is 23.0 Å². The summed E-state index contributed by atoms with van der Waals surface area (Å²) in [5.74, 6) is 0.279. The van der Waals surface area contributed by atoms with E-state index < -0.39 is 17.5 Å². The molecule has 2 saturated heterocycles. The minimum atomic E-state index is -4.52. The number of anilines is 1. The number of phenolic OH excluding ortho intramolecular Hbond substituents is 1. The lowest BCUT2D eigenvalue weighted by Crippen LogP contribution is -2.62. The van der Waals surface area contributed by atoms with Crippen molar-refractivity contribution in [1.82, 2.24) is 15.1 Å². The largest absolute Gasteiger partial charge is 0.507 e. The van der Waals surface area contributed by atoms with Gasteiger partial charge in [0.1, 0.15) is 5.75 Å². The summed E-state index contributed by atoms with van der Waals surface area (Å²) in [6, 6.07) is 6.20. The summed E-state index contributed by atoms with van der Waals surface area (Å²) in [5, 5.41) is 18.9. The van der Waals surface area contributed by atoms with Crippen LogP contribution in [0.25, 0.3) is 11.3 Å². The number of nitrogens with zero attached hydrogens (tertiary/aromatic N) is 4. The number of fused-ring (bicyclic) bond motifs is 1. The van der Waals surface area contributed by atoms with Crippen molar-refractivity contribution in [3.8, 4) is 17.0 Å². The second-order valence-corrected chi connectivity index (χ2v) is 9.00. The molecule has 0 unspecified atom stereocenters. The molecule has 2 aliphatic heterocycles. The molecule has 9 heteroatoms. The second kappa shape index (κ2) is 8.19. The number of phenols is 1. The van der Waals surface area contributed by atoms with E-state index in [4.69, 9.17) is 4.74 Å². The van der Waals surface area contributed by atoms with Gasteiger partial charge in [0, 0.05) is 31.2 Å². The number of alkyl halides is 3. The van der Waals surface area contributed by atoms with E-state index in [0.717, 1.165) is 44.0 Å². The third kappa shape index (κ3) is 3.92. The molecule has 1 N–H and O–H groups in total. The molecule has 1 aromatic carbocycles. The number of hydrogen-bond acceptors (Lipinski definition) is 6. The maximum absolute atomic E-state index is 13.0. The number of halogens is 3. The molecule has 32 heavy (non-hydrogen) atoms. The first-order valence-corrected chi connectivity index (χ1v) is 11.2. The van der Waals surface area contributed by atoms with Crippen LogP contribution in [0.1, 0.15) is 36.8 Å². The number of morpholine rings is 1. The minimum absolute atomic E-state index is 0.169. The highest BCUT2D eigenvalue weighted by atomic mass is 19.4. The Bertz CT molecular complexity index is 955. The quantitative estimate of drug-likeness (QED) is 0.766. The lowest BCUT2D eigenvalue weighted by atomic mass is 9.88. The summed E-state index contributed by atoms with van der Waals surface area (Å²) in [4.78, 5) is 4.81. The summed E-state index contributed by atoms with van der Waals surface area (Å²) < 4.78 is 45.1. The summed E-state index contributed by atoms with van der Waals surface area (Å²) in [6.45, 7) is 4.89. The molecule has 0 bridgehead atoms. The van der Waals surface area contributed by atoms with Gasteiger partial charge in [-0.15, -0.1) is 10.2 Å². The zero-order chi connectivity index (χ0) is 22.5. The summed E-state index contributed by atoms with van der Waals surface area (Å²) in [5.41, 5.74) is 0.0375. The number of piperidine rings is 1. The van der Waals surface area contributed by atoms with Crippen molar-refractivity contribution in [2.45, 2.75) is 57.0 Å². The van der Waals surface area contributed by atoms with Crippen LogP contribution in [0.15, 0.2) is 24.3 Å². The highest BCUT2D eigenvalue weighted by Crippen LogP contribution is 2.39. The van der Waals surface area contributed by atoms with Gasteiger partial charge in [-0.2, -0.15) is 13.2 Å². The van der Waals surface area contributed by atoms with Crippen molar-refractivity contribution in [2.75, 3.05) is 31.1 Å². The van der Waals surface area contributed by atoms with Crippen LogP contribution in [0.2, 0.25) is 0 Å². The molecule has 0 radical (unpaired) electrons. The van der Waals surface area contributed by atoms with Crippen LogP contribution >= 0.6 is 0 Å². The fraction of sp³-hybridized carbons (Fsp3) is 0.565. The second-order valence-electron chi connectivity index (χ2n) is 9.00. The predicted molar refractivity (Wildman–Crippen MR) is 114 cm³/mol. The summed E-state index contributed by atoms with van der Waals surface area (Å²) >= 11 is 0. The Labute approximate surface area is 185 Å². The van der Waals surface area contributed by atoms with Gasteiger partial charge >= 0.3 is 6.18 Å². The Morgan fingerprint density at radius 2 is 1.91 bits per heavy atom. The van der Waals surface area contributed by atoms with Gasteiger partial charge in [0.2, 0.25) is 0 Å². The molecule has 3 aliphatic rings. The molecule has 0 amide bonds. The van der Waals surface area contributed by atoms with Crippen molar-refractivity contribution >= 4 is 5.82 Å². The third-order valence-corrected chi connectivity index (χ3v) is 7.05. The maximum atomic E-state index is 13.0. The van der Waals surface area contributed by atoms with E-state index in [1.54, 1.807) is 6.07 Å². The van der Waals surface area contributed by atoms with E-state index in [0.29, 0.717) is 23.9 Å². The van der Waals surface area contributed by atoms with Gasteiger partial charge in [-0.25, -0.2) is 0 Å². The van der Waals surface area contributed by atoms with E-state index in [-0.39, 0.29) is 17.7 Å². The first-order valence-electron chi connectivity index (χ1n) is 11.2. The van der Waals surface area contributed by atoms with Crippen LogP contribution in [0.4, 0.5) is 19.0 Å². The highest BCUT2D eigenvalue weighted by molar-refractivity contribution is 5.71. The number of aryl methyl sites for hydroxylation is 1. The molecular formula is C23H27F3N4O2. The Balaban J connectivity index is 1.38. The number of aromatic hydroxyl groups is 1. The zero-order valence-corrected chi connectivity index (χ0v) is 18.0.